The normalized spacial score (nSPS) is 17.6. The highest BCUT2D eigenvalue weighted by Gasteiger charge is 2.38. The van der Waals surface area contributed by atoms with E-state index in [4.69, 9.17) is 11.6 Å². The second-order valence-corrected chi connectivity index (χ2v) is 11.5. The van der Waals surface area contributed by atoms with Crippen molar-refractivity contribution in [3.05, 3.63) is 58.6 Å². The number of carbonyl (C=O) groups is 1. The van der Waals surface area contributed by atoms with Gasteiger partial charge in [0.15, 0.2) is 9.84 Å². The number of halogens is 1. The number of hydrogen-bond donors (Lipinski definition) is 1. The van der Waals surface area contributed by atoms with Crippen LogP contribution in [0.3, 0.4) is 0 Å². The van der Waals surface area contributed by atoms with Gasteiger partial charge in [0.2, 0.25) is 15.9 Å². The van der Waals surface area contributed by atoms with Crippen LogP contribution in [-0.2, 0) is 37.6 Å². The summed E-state index contributed by atoms with van der Waals surface area (Å²) in [5.41, 5.74) is 1.86. The molecule has 1 aliphatic rings. The van der Waals surface area contributed by atoms with Crippen molar-refractivity contribution in [1.82, 2.24) is 4.31 Å². The molecule has 3 rings (SSSR count). The third-order valence-electron chi connectivity index (χ3n) is 4.85. The number of amides is 1. The molecular formula is C19H21ClN2O5S2. The molecule has 0 saturated carbocycles. The molecule has 2 aromatic carbocycles. The van der Waals surface area contributed by atoms with Gasteiger partial charge < -0.3 is 5.32 Å². The van der Waals surface area contributed by atoms with E-state index in [0.717, 1.165) is 17.4 Å². The summed E-state index contributed by atoms with van der Waals surface area (Å²) in [5, 5.41) is 2.77. The molecule has 1 aliphatic heterocycles. The minimum absolute atomic E-state index is 0.00391. The topological polar surface area (TPSA) is 101 Å². The summed E-state index contributed by atoms with van der Waals surface area (Å²) in [7, 11) is -7.15. The Labute approximate surface area is 175 Å². The maximum atomic E-state index is 13.0. The molecule has 0 spiro atoms. The van der Waals surface area contributed by atoms with Crippen molar-refractivity contribution in [2.75, 3.05) is 17.3 Å². The van der Waals surface area contributed by atoms with Crippen molar-refractivity contribution >= 4 is 43.1 Å². The van der Waals surface area contributed by atoms with E-state index in [9.17, 15) is 21.6 Å². The van der Waals surface area contributed by atoms with Crippen molar-refractivity contribution in [1.29, 1.82) is 0 Å². The minimum atomic E-state index is -3.65. The van der Waals surface area contributed by atoms with Crippen LogP contribution in [-0.4, -0.2) is 45.1 Å². The summed E-state index contributed by atoms with van der Waals surface area (Å²) in [4.78, 5) is 13.0. The fourth-order valence-electron chi connectivity index (χ4n) is 3.23. The molecule has 1 amide bonds. The second-order valence-electron chi connectivity index (χ2n) is 6.84. The first kappa shape index (κ1) is 21.8. The van der Waals surface area contributed by atoms with Gasteiger partial charge in [-0.25, -0.2) is 16.8 Å². The standard InChI is InChI=1S/C19H21ClN2O5S2/c1-3-29(26,27)22-12-14-7-5-4-6-13(14)10-18(22)19(23)21-17-11-15(28(2,24)25)8-9-16(17)20/h4-9,11,18H,3,10,12H2,1-2H3,(H,21,23)/t18-/m1/s1. The molecular weight excluding hydrogens is 436 g/mol. The molecule has 7 nitrogen and oxygen atoms in total. The van der Waals surface area contributed by atoms with Crippen molar-refractivity contribution in [2.45, 2.75) is 30.8 Å². The highest BCUT2D eigenvalue weighted by Crippen LogP contribution is 2.29. The predicted octanol–water partition coefficient (Wildman–Crippen LogP) is 2.46. The smallest absolute Gasteiger partial charge is 0.243 e. The lowest BCUT2D eigenvalue weighted by atomic mass is 9.95. The van der Waals surface area contributed by atoms with Gasteiger partial charge in [-0.1, -0.05) is 35.9 Å². The monoisotopic (exact) mass is 456 g/mol. The Morgan fingerprint density at radius 1 is 1.14 bits per heavy atom. The van der Waals surface area contributed by atoms with Crippen LogP contribution < -0.4 is 5.32 Å². The van der Waals surface area contributed by atoms with Gasteiger partial charge in [0.1, 0.15) is 6.04 Å². The van der Waals surface area contributed by atoms with Crippen LogP contribution in [0.15, 0.2) is 47.4 Å². The van der Waals surface area contributed by atoms with Crippen molar-refractivity contribution in [2.24, 2.45) is 0 Å². The van der Waals surface area contributed by atoms with Gasteiger partial charge in [0.05, 0.1) is 21.4 Å². The highest BCUT2D eigenvalue weighted by atomic mass is 35.5. The Morgan fingerprint density at radius 3 is 2.41 bits per heavy atom. The summed E-state index contributed by atoms with van der Waals surface area (Å²) in [6.45, 7) is 1.62. The van der Waals surface area contributed by atoms with E-state index in [1.54, 1.807) is 0 Å². The summed E-state index contributed by atoms with van der Waals surface area (Å²) in [6, 6.07) is 10.4. The van der Waals surface area contributed by atoms with Crippen LogP contribution >= 0.6 is 11.6 Å². The molecule has 10 heteroatoms. The van der Waals surface area contributed by atoms with E-state index in [1.807, 2.05) is 24.3 Å². The van der Waals surface area contributed by atoms with Crippen molar-refractivity contribution < 1.29 is 21.6 Å². The summed E-state index contributed by atoms with van der Waals surface area (Å²) >= 11 is 6.12. The van der Waals surface area contributed by atoms with E-state index in [-0.39, 0.29) is 34.3 Å². The Bertz CT molecular complexity index is 1160. The third-order valence-corrected chi connectivity index (χ3v) is 8.12. The lowest BCUT2D eigenvalue weighted by Gasteiger charge is -2.34. The average molecular weight is 457 g/mol. The first-order valence-corrected chi connectivity index (χ1v) is 12.8. The summed E-state index contributed by atoms with van der Waals surface area (Å²) in [6.07, 6.45) is 1.26. The van der Waals surface area contributed by atoms with Crippen LogP contribution in [0.5, 0.6) is 0 Å². The van der Waals surface area contributed by atoms with Crippen LogP contribution in [0.1, 0.15) is 18.1 Å². The molecule has 0 radical (unpaired) electrons. The molecule has 0 unspecified atom stereocenters. The number of anilines is 1. The van der Waals surface area contributed by atoms with Gasteiger partial charge >= 0.3 is 0 Å². The fraction of sp³-hybridized carbons (Fsp3) is 0.316. The van der Waals surface area contributed by atoms with Gasteiger partial charge in [0, 0.05) is 12.8 Å². The minimum Gasteiger partial charge on any atom is -0.323 e. The second kappa shape index (κ2) is 8.06. The zero-order valence-corrected chi connectivity index (χ0v) is 18.3. The van der Waals surface area contributed by atoms with Crippen LogP contribution in [0.2, 0.25) is 5.02 Å². The Kier molecular flexibility index (Phi) is 6.05. The molecule has 0 bridgehead atoms. The first-order chi connectivity index (χ1) is 13.5. The number of fused-ring (bicyclic) bond motifs is 1. The summed E-state index contributed by atoms with van der Waals surface area (Å²) in [5.74, 6) is -0.701. The Balaban J connectivity index is 1.96. The average Bonchev–Trinajstić information content (AvgIpc) is 2.67. The molecule has 29 heavy (non-hydrogen) atoms. The molecule has 1 atom stereocenters. The molecule has 156 valence electrons. The summed E-state index contributed by atoms with van der Waals surface area (Å²) < 4.78 is 50.0. The molecule has 1 N–H and O–H groups in total. The van der Waals surface area contributed by atoms with Crippen LogP contribution in [0, 0.1) is 0 Å². The SMILES string of the molecule is CCS(=O)(=O)N1Cc2ccccc2C[C@@H]1C(=O)Nc1cc(S(C)(=O)=O)ccc1Cl. The van der Waals surface area contributed by atoms with Crippen LogP contribution in [0.4, 0.5) is 5.69 Å². The number of sulfonamides is 1. The van der Waals surface area contributed by atoms with Crippen molar-refractivity contribution in [3.8, 4) is 0 Å². The lowest BCUT2D eigenvalue weighted by molar-refractivity contribution is -0.120. The van der Waals surface area contributed by atoms with Gasteiger partial charge in [-0.15, -0.1) is 0 Å². The molecule has 2 aromatic rings. The molecule has 1 heterocycles. The zero-order valence-electron chi connectivity index (χ0n) is 15.9. The number of rotatable bonds is 5. The number of sulfone groups is 1. The number of hydrogen-bond acceptors (Lipinski definition) is 5. The number of nitrogens with one attached hydrogen (secondary N) is 1. The Morgan fingerprint density at radius 2 is 1.79 bits per heavy atom. The maximum Gasteiger partial charge on any atom is 0.243 e. The van der Waals surface area contributed by atoms with Gasteiger partial charge in [-0.3, -0.25) is 4.79 Å². The van der Waals surface area contributed by atoms with E-state index >= 15 is 0 Å². The van der Waals surface area contributed by atoms with Crippen molar-refractivity contribution in [3.63, 3.8) is 0 Å². The number of carbonyl (C=O) groups excluding carboxylic acids is 1. The third kappa shape index (κ3) is 4.63. The van der Waals surface area contributed by atoms with E-state index < -0.39 is 31.8 Å². The van der Waals surface area contributed by atoms with E-state index in [0.29, 0.717) is 0 Å². The van der Waals surface area contributed by atoms with Crippen LogP contribution in [0.25, 0.3) is 0 Å². The molecule has 0 aromatic heterocycles. The predicted molar refractivity (Wildman–Crippen MR) is 112 cm³/mol. The first-order valence-electron chi connectivity index (χ1n) is 8.89. The highest BCUT2D eigenvalue weighted by molar-refractivity contribution is 7.90. The molecule has 0 fully saturated rings. The molecule has 0 saturated heterocycles. The van der Waals surface area contributed by atoms with Gasteiger partial charge in [0.25, 0.3) is 0 Å². The largest absolute Gasteiger partial charge is 0.323 e. The number of benzene rings is 2. The van der Waals surface area contributed by atoms with E-state index in [2.05, 4.69) is 5.32 Å². The maximum absolute atomic E-state index is 13.0. The quantitative estimate of drug-likeness (QED) is 0.744. The number of nitrogens with zero attached hydrogens (tertiary/aromatic N) is 1. The molecule has 0 aliphatic carbocycles. The lowest BCUT2D eigenvalue weighted by Crippen LogP contribution is -2.51. The fourth-order valence-corrected chi connectivity index (χ4v) is 5.26. The van der Waals surface area contributed by atoms with Gasteiger partial charge in [-0.2, -0.15) is 4.31 Å². The van der Waals surface area contributed by atoms with Gasteiger partial charge in [-0.05, 0) is 42.7 Å². The zero-order chi connectivity index (χ0) is 21.4. The van der Waals surface area contributed by atoms with E-state index in [1.165, 1.54) is 29.4 Å². The Hall–Kier alpha value is -1.94.